The van der Waals surface area contributed by atoms with Gasteiger partial charge in [0.25, 0.3) is 0 Å². The van der Waals surface area contributed by atoms with Crippen LogP contribution in [-0.2, 0) is 20.4 Å². The second-order valence-electron chi connectivity index (χ2n) is 10.9. The number of benzene rings is 4. The van der Waals surface area contributed by atoms with E-state index < -0.39 is 5.97 Å². The van der Waals surface area contributed by atoms with Gasteiger partial charge in [0.05, 0.1) is 14.2 Å². The molecule has 0 unspecified atom stereocenters. The minimum atomic E-state index is -0.470. The van der Waals surface area contributed by atoms with Crippen LogP contribution in [0.4, 0.5) is 0 Å². The molecule has 0 saturated carbocycles. The van der Waals surface area contributed by atoms with Gasteiger partial charge in [0.15, 0.2) is 0 Å². The van der Waals surface area contributed by atoms with E-state index in [2.05, 4.69) is 27.7 Å². The molecule has 0 fully saturated rings. The van der Waals surface area contributed by atoms with Crippen molar-refractivity contribution in [3.63, 3.8) is 0 Å². The minimum Gasteiger partial charge on any atom is -0.497 e. The van der Waals surface area contributed by atoms with Crippen molar-refractivity contribution >= 4 is 11.9 Å². The molecule has 0 saturated heterocycles. The topological polar surface area (TPSA) is 71.1 Å². The van der Waals surface area contributed by atoms with Gasteiger partial charge in [0, 0.05) is 17.8 Å². The van der Waals surface area contributed by atoms with Crippen molar-refractivity contribution < 1.29 is 28.5 Å². The second kappa shape index (κ2) is 11.9. The predicted octanol–water partition coefficient (Wildman–Crippen LogP) is 7.85. The number of carbonyl (C=O) groups excluding carboxylic acids is 2. The fraction of sp³-hybridized carbons (Fsp3) is 0.257. The summed E-state index contributed by atoms with van der Waals surface area (Å²) in [4.78, 5) is 24.0. The van der Waals surface area contributed by atoms with Crippen LogP contribution in [0.2, 0.25) is 0 Å². The molecule has 4 rings (SSSR count). The summed E-state index contributed by atoms with van der Waals surface area (Å²) >= 11 is 0. The van der Waals surface area contributed by atoms with Crippen LogP contribution in [-0.4, -0.2) is 26.2 Å². The smallest absolute Gasteiger partial charge is 0.341 e. The summed E-state index contributed by atoms with van der Waals surface area (Å²) in [5.41, 5.74) is 3.86. The van der Waals surface area contributed by atoms with Crippen molar-refractivity contribution in [3.05, 3.63) is 119 Å². The average Bonchev–Trinajstić information content (AvgIpc) is 2.97. The van der Waals surface area contributed by atoms with Crippen molar-refractivity contribution in [1.82, 2.24) is 0 Å². The maximum atomic E-state index is 12.8. The second-order valence-corrected chi connectivity index (χ2v) is 10.9. The Hall–Kier alpha value is -4.58. The molecular weight excluding hydrogens is 516 g/mol. The zero-order valence-corrected chi connectivity index (χ0v) is 24.6. The molecular formula is C35H36O6. The van der Waals surface area contributed by atoms with Gasteiger partial charge in [-0.15, -0.1) is 0 Å². The molecule has 0 aliphatic carbocycles. The van der Waals surface area contributed by atoms with Crippen molar-refractivity contribution in [2.75, 3.05) is 14.2 Å². The van der Waals surface area contributed by atoms with Crippen LogP contribution in [0.3, 0.4) is 0 Å². The molecule has 0 bridgehead atoms. The number of esters is 2. The Morgan fingerprint density at radius 3 is 1.49 bits per heavy atom. The number of ether oxygens (including phenoxy) is 4. The van der Waals surface area contributed by atoms with Crippen molar-refractivity contribution in [2.24, 2.45) is 0 Å². The molecule has 0 aliphatic heterocycles. The third-order valence-electron chi connectivity index (χ3n) is 7.56. The Bertz CT molecular complexity index is 1510. The van der Waals surface area contributed by atoms with Crippen LogP contribution < -0.4 is 14.2 Å². The van der Waals surface area contributed by atoms with Crippen molar-refractivity contribution in [1.29, 1.82) is 0 Å². The van der Waals surface area contributed by atoms with Crippen LogP contribution in [0, 0.1) is 0 Å². The van der Waals surface area contributed by atoms with Gasteiger partial charge in [-0.05, 0) is 70.8 Å². The van der Waals surface area contributed by atoms with Gasteiger partial charge in [0.2, 0.25) is 0 Å². The minimum absolute atomic E-state index is 0.306. The summed E-state index contributed by atoms with van der Waals surface area (Å²) < 4.78 is 21.7. The van der Waals surface area contributed by atoms with E-state index in [1.807, 2.05) is 78.9 Å². The van der Waals surface area contributed by atoms with Gasteiger partial charge in [-0.25, -0.2) is 4.79 Å². The van der Waals surface area contributed by atoms with Gasteiger partial charge < -0.3 is 18.9 Å². The molecule has 0 aliphatic rings. The third kappa shape index (κ3) is 6.43. The van der Waals surface area contributed by atoms with E-state index in [0.717, 1.165) is 28.0 Å². The van der Waals surface area contributed by atoms with E-state index >= 15 is 0 Å². The van der Waals surface area contributed by atoms with E-state index in [0.29, 0.717) is 22.8 Å². The van der Waals surface area contributed by atoms with Gasteiger partial charge in [-0.3, -0.25) is 4.79 Å². The highest BCUT2D eigenvalue weighted by Gasteiger charge is 2.27. The van der Waals surface area contributed by atoms with Crippen LogP contribution in [0.25, 0.3) is 0 Å². The number of hydrogen-bond acceptors (Lipinski definition) is 6. The molecule has 0 heterocycles. The average molecular weight is 553 g/mol. The lowest BCUT2D eigenvalue weighted by molar-refractivity contribution is -0.131. The van der Waals surface area contributed by atoms with Gasteiger partial charge in [-0.2, -0.15) is 0 Å². The van der Waals surface area contributed by atoms with Crippen LogP contribution in [0.1, 0.15) is 67.2 Å². The normalized spacial score (nSPS) is 11.5. The lowest BCUT2D eigenvalue weighted by Crippen LogP contribution is -2.20. The summed E-state index contributed by atoms with van der Waals surface area (Å²) in [6.45, 7) is 9.85. The molecule has 212 valence electrons. The van der Waals surface area contributed by atoms with E-state index in [1.165, 1.54) is 14.0 Å². The Kier molecular flexibility index (Phi) is 8.52. The molecule has 0 N–H and O–H groups in total. The lowest BCUT2D eigenvalue weighted by atomic mass is 9.77. The lowest BCUT2D eigenvalue weighted by Gasteiger charge is -2.27. The number of rotatable bonds is 9. The summed E-state index contributed by atoms with van der Waals surface area (Å²) in [6, 6.07) is 28.8. The van der Waals surface area contributed by atoms with Gasteiger partial charge in [-0.1, -0.05) is 70.2 Å². The van der Waals surface area contributed by atoms with Crippen LogP contribution in [0.5, 0.6) is 23.0 Å². The number of hydrogen-bond donors (Lipinski definition) is 0. The summed E-state index contributed by atoms with van der Waals surface area (Å²) in [7, 11) is 3.01. The summed E-state index contributed by atoms with van der Waals surface area (Å²) in [5, 5.41) is 0. The molecule has 6 heteroatoms. The molecule has 41 heavy (non-hydrogen) atoms. The van der Waals surface area contributed by atoms with E-state index in [-0.39, 0.29) is 16.8 Å². The van der Waals surface area contributed by atoms with E-state index in [9.17, 15) is 9.59 Å². The van der Waals surface area contributed by atoms with E-state index in [4.69, 9.17) is 18.9 Å². The number of carbonyl (C=O) groups is 2. The first-order valence-corrected chi connectivity index (χ1v) is 13.4. The fourth-order valence-corrected chi connectivity index (χ4v) is 4.79. The zero-order chi connectivity index (χ0) is 29.8. The molecule has 0 atom stereocenters. The summed E-state index contributed by atoms with van der Waals surface area (Å²) in [5.74, 6) is 1.50. The maximum Gasteiger partial charge on any atom is 0.341 e. The largest absolute Gasteiger partial charge is 0.497 e. The van der Waals surface area contributed by atoms with E-state index in [1.54, 1.807) is 19.2 Å². The molecule has 0 aromatic heterocycles. The Labute approximate surface area is 241 Å². The third-order valence-corrected chi connectivity index (χ3v) is 7.56. The van der Waals surface area contributed by atoms with Gasteiger partial charge >= 0.3 is 11.9 Å². The van der Waals surface area contributed by atoms with Gasteiger partial charge in [0.1, 0.15) is 28.6 Å². The van der Waals surface area contributed by atoms with Crippen molar-refractivity contribution in [3.8, 4) is 23.0 Å². The summed E-state index contributed by atoms with van der Waals surface area (Å²) in [6.07, 6.45) is 0. The Morgan fingerprint density at radius 2 is 1.02 bits per heavy atom. The zero-order valence-electron chi connectivity index (χ0n) is 24.6. The standard InChI is InChI=1S/C35H36O6/c1-23(36)40-29-17-10-24(11-18-29)34(2,3)25-12-19-30(20-13-25)41-32-21-14-27(22-31(32)33(37)39-7)35(4,5)26-8-15-28(38-6)16-9-26/h8-22H,1-7H3. The maximum absolute atomic E-state index is 12.8. The van der Waals surface area contributed by atoms with Crippen LogP contribution in [0.15, 0.2) is 91.0 Å². The first kappa shape index (κ1) is 29.4. The Balaban J connectivity index is 1.58. The molecule has 4 aromatic carbocycles. The number of methoxy groups -OCH3 is 2. The highest BCUT2D eigenvalue weighted by atomic mass is 16.5. The molecule has 4 aromatic rings. The highest BCUT2D eigenvalue weighted by molar-refractivity contribution is 5.93. The quantitative estimate of drug-likeness (QED) is 0.156. The monoisotopic (exact) mass is 552 g/mol. The van der Waals surface area contributed by atoms with Crippen molar-refractivity contribution in [2.45, 2.75) is 45.4 Å². The molecule has 0 amide bonds. The SMILES string of the molecule is COC(=O)c1cc(C(C)(C)c2ccc(OC)cc2)ccc1Oc1ccc(C(C)(C)c2ccc(OC(C)=O)cc2)cc1. The first-order chi connectivity index (χ1) is 19.4. The highest BCUT2D eigenvalue weighted by Crippen LogP contribution is 2.37. The first-order valence-electron chi connectivity index (χ1n) is 13.4. The Morgan fingerprint density at radius 1 is 0.585 bits per heavy atom. The predicted molar refractivity (Wildman–Crippen MR) is 159 cm³/mol. The molecule has 0 spiro atoms. The molecule has 0 radical (unpaired) electrons. The fourth-order valence-electron chi connectivity index (χ4n) is 4.79. The van der Waals surface area contributed by atoms with Crippen LogP contribution >= 0.6 is 0 Å². The molecule has 6 nitrogen and oxygen atoms in total.